The largest absolute Gasteiger partial charge is 0.464 e. The lowest BCUT2D eigenvalue weighted by molar-refractivity contribution is 0.0593. The number of halogens is 1. The first-order valence-corrected chi connectivity index (χ1v) is 7.10. The topological polar surface area (TPSA) is 81.0 Å². The molecule has 1 aromatic carbocycles. The number of aromatic nitrogens is 1. The van der Waals surface area contributed by atoms with Crippen molar-refractivity contribution in [1.82, 2.24) is 4.57 Å². The highest BCUT2D eigenvalue weighted by atomic mass is 79.9. The van der Waals surface area contributed by atoms with Crippen molar-refractivity contribution in [2.24, 2.45) is 0 Å². The molecule has 0 aliphatic heterocycles. The first-order chi connectivity index (χ1) is 10.0. The van der Waals surface area contributed by atoms with Gasteiger partial charge in [0.05, 0.1) is 24.0 Å². The maximum Gasteiger partial charge on any atom is 0.357 e. The first-order valence-electron chi connectivity index (χ1n) is 6.31. The van der Waals surface area contributed by atoms with Crippen LogP contribution in [-0.2, 0) is 11.2 Å². The van der Waals surface area contributed by atoms with E-state index < -0.39 is 5.97 Å². The summed E-state index contributed by atoms with van der Waals surface area (Å²) >= 11 is 3.42. The van der Waals surface area contributed by atoms with E-state index in [0.29, 0.717) is 0 Å². The normalized spacial score (nSPS) is 10.2. The molecule has 0 fully saturated rings. The summed E-state index contributed by atoms with van der Waals surface area (Å²) in [5, 5.41) is 9.13. The number of esters is 1. The molecule has 0 saturated carbocycles. The van der Waals surface area contributed by atoms with Gasteiger partial charge in [-0.3, -0.25) is 0 Å². The number of methoxy groups -OCH3 is 1. The van der Waals surface area contributed by atoms with Crippen LogP contribution >= 0.6 is 15.9 Å². The molecule has 2 aromatic rings. The number of nitriles is 1. The Kier molecular flexibility index (Phi) is 4.34. The highest BCUT2D eigenvalue weighted by Crippen LogP contribution is 2.28. The van der Waals surface area contributed by atoms with E-state index in [1.807, 2.05) is 31.2 Å². The maximum atomic E-state index is 12.0. The molecule has 0 aliphatic rings. The quantitative estimate of drug-likeness (QED) is 0.865. The van der Waals surface area contributed by atoms with E-state index in [2.05, 4.69) is 15.9 Å². The molecule has 0 aliphatic carbocycles. The van der Waals surface area contributed by atoms with Crippen LogP contribution in [-0.4, -0.2) is 17.6 Å². The Balaban J connectivity index is 2.78. The molecule has 0 bridgehead atoms. The highest BCUT2D eigenvalue weighted by molar-refractivity contribution is 9.10. The van der Waals surface area contributed by atoms with Gasteiger partial charge in [0.1, 0.15) is 6.07 Å². The number of nitrogens with zero attached hydrogens (tertiary/aromatic N) is 2. The van der Waals surface area contributed by atoms with Gasteiger partial charge in [-0.15, -0.1) is 0 Å². The zero-order chi connectivity index (χ0) is 15.6. The molecule has 2 rings (SSSR count). The molecular formula is C15H14BrN3O2. The van der Waals surface area contributed by atoms with Crippen LogP contribution in [0.1, 0.15) is 28.5 Å². The molecule has 5 nitrogen and oxygen atoms in total. The summed E-state index contributed by atoms with van der Waals surface area (Å²) in [5.74, 6) is -0.573. The monoisotopic (exact) mass is 347 g/mol. The molecule has 0 saturated heterocycles. The Bertz CT molecular complexity index is 744. The SMILES string of the molecule is CCc1ccc(Br)cc1-n1cc(C#N)c(N)c1C(=O)OC. The molecule has 0 amide bonds. The number of nitrogen functional groups attached to an aromatic ring is 1. The molecular weight excluding hydrogens is 334 g/mol. The number of ether oxygens (including phenoxy) is 1. The Hall–Kier alpha value is -2.26. The number of hydrogen-bond acceptors (Lipinski definition) is 4. The van der Waals surface area contributed by atoms with E-state index in [1.165, 1.54) is 7.11 Å². The number of benzene rings is 1. The van der Waals surface area contributed by atoms with E-state index in [9.17, 15) is 4.79 Å². The van der Waals surface area contributed by atoms with Gasteiger partial charge in [-0.2, -0.15) is 5.26 Å². The summed E-state index contributed by atoms with van der Waals surface area (Å²) in [4.78, 5) is 12.0. The number of carbonyl (C=O) groups is 1. The predicted octanol–water partition coefficient (Wildman–Crippen LogP) is 3.04. The Labute approximate surface area is 131 Å². The van der Waals surface area contributed by atoms with Crippen LogP contribution in [0, 0.1) is 11.3 Å². The van der Waals surface area contributed by atoms with Gasteiger partial charge in [0.2, 0.25) is 0 Å². The fraction of sp³-hybridized carbons (Fsp3) is 0.200. The van der Waals surface area contributed by atoms with Crippen molar-refractivity contribution in [2.75, 3.05) is 12.8 Å². The molecule has 0 spiro atoms. The molecule has 21 heavy (non-hydrogen) atoms. The number of aryl methyl sites for hydroxylation is 1. The second kappa shape index (κ2) is 6.02. The number of carbonyl (C=O) groups excluding carboxylic acids is 1. The molecule has 0 radical (unpaired) electrons. The molecule has 0 atom stereocenters. The number of anilines is 1. The Morgan fingerprint density at radius 3 is 2.81 bits per heavy atom. The zero-order valence-electron chi connectivity index (χ0n) is 11.7. The molecule has 6 heteroatoms. The summed E-state index contributed by atoms with van der Waals surface area (Å²) in [7, 11) is 1.28. The minimum absolute atomic E-state index is 0.131. The average Bonchev–Trinajstić information content (AvgIpc) is 2.83. The van der Waals surface area contributed by atoms with Gasteiger partial charge in [-0.1, -0.05) is 28.9 Å². The van der Waals surface area contributed by atoms with Crippen molar-refractivity contribution in [3.8, 4) is 11.8 Å². The summed E-state index contributed by atoms with van der Waals surface area (Å²) in [6, 6.07) is 7.76. The first kappa shape index (κ1) is 15.1. The van der Waals surface area contributed by atoms with Crippen LogP contribution in [0.5, 0.6) is 0 Å². The predicted molar refractivity (Wildman–Crippen MR) is 83.3 cm³/mol. The molecule has 1 aromatic heterocycles. The van der Waals surface area contributed by atoms with Gasteiger partial charge >= 0.3 is 5.97 Å². The van der Waals surface area contributed by atoms with Crippen molar-refractivity contribution < 1.29 is 9.53 Å². The second-order valence-corrected chi connectivity index (χ2v) is 5.32. The van der Waals surface area contributed by atoms with Crippen molar-refractivity contribution >= 4 is 27.6 Å². The highest BCUT2D eigenvalue weighted by Gasteiger charge is 2.22. The Morgan fingerprint density at radius 2 is 2.24 bits per heavy atom. The van der Waals surface area contributed by atoms with E-state index >= 15 is 0 Å². The van der Waals surface area contributed by atoms with E-state index in [4.69, 9.17) is 15.7 Å². The number of hydrogen-bond donors (Lipinski definition) is 1. The number of rotatable bonds is 3. The lowest BCUT2D eigenvalue weighted by Gasteiger charge is -2.13. The van der Waals surface area contributed by atoms with Gasteiger partial charge in [0.15, 0.2) is 5.69 Å². The van der Waals surface area contributed by atoms with Crippen LogP contribution in [0.3, 0.4) is 0 Å². The third-order valence-electron chi connectivity index (χ3n) is 3.23. The molecule has 2 N–H and O–H groups in total. The molecule has 108 valence electrons. The summed E-state index contributed by atoms with van der Waals surface area (Å²) in [6.07, 6.45) is 2.34. The van der Waals surface area contributed by atoms with Crippen molar-refractivity contribution in [3.05, 3.63) is 45.7 Å². The van der Waals surface area contributed by atoms with Crippen molar-refractivity contribution in [2.45, 2.75) is 13.3 Å². The van der Waals surface area contributed by atoms with Crippen molar-refractivity contribution in [1.29, 1.82) is 5.26 Å². The third kappa shape index (κ3) is 2.65. The van der Waals surface area contributed by atoms with Gasteiger partial charge in [-0.05, 0) is 24.1 Å². The van der Waals surface area contributed by atoms with Gasteiger partial charge in [0.25, 0.3) is 0 Å². The number of nitrogens with two attached hydrogens (primary N) is 1. The third-order valence-corrected chi connectivity index (χ3v) is 3.72. The van der Waals surface area contributed by atoms with E-state index in [0.717, 1.165) is 22.1 Å². The van der Waals surface area contributed by atoms with Crippen molar-refractivity contribution in [3.63, 3.8) is 0 Å². The van der Waals surface area contributed by atoms with Gasteiger partial charge in [-0.25, -0.2) is 4.79 Å². The minimum Gasteiger partial charge on any atom is -0.464 e. The van der Waals surface area contributed by atoms with Crippen LogP contribution in [0.25, 0.3) is 5.69 Å². The van der Waals surface area contributed by atoms with Gasteiger partial charge < -0.3 is 15.0 Å². The maximum absolute atomic E-state index is 12.0. The van der Waals surface area contributed by atoms with Gasteiger partial charge in [0, 0.05) is 10.7 Å². The fourth-order valence-corrected chi connectivity index (χ4v) is 2.51. The lowest BCUT2D eigenvalue weighted by Crippen LogP contribution is -2.12. The lowest BCUT2D eigenvalue weighted by atomic mass is 10.1. The van der Waals surface area contributed by atoms with Crippen LogP contribution in [0.4, 0.5) is 5.69 Å². The molecule has 0 unspecified atom stereocenters. The van der Waals surface area contributed by atoms with E-state index in [-0.39, 0.29) is 16.9 Å². The zero-order valence-corrected chi connectivity index (χ0v) is 13.3. The smallest absolute Gasteiger partial charge is 0.357 e. The fourth-order valence-electron chi connectivity index (χ4n) is 2.16. The minimum atomic E-state index is -0.573. The standard InChI is InChI=1S/C15H14BrN3O2/c1-3-9-4-5-11(16)6-12(9)19-8-10(7-17)13(18)14(19)15(20)21-2/h4-6,8H,3,18H2,1-2H3. The van der Waals surface area contributed by atoms with E-state index in [1.54, 1.807) is 10.8 Å². The van der Waals surface area contributed by atoms with Crippen LogP contribution in [0.15, 0.2) is 28.9 Å². The second-order valence-electron chi connectivity index (χ2n) is 4.41. The average molecular weight is 348 g/mol. The summed E-state index contributed by atoms with van der Waals surface area (Å²) in [6.45, 7) is 2.02. The summed E-state index contributed by atoms with van der Waals surface area (Å²) < 4.78 is 7.27. The summed E-state index contributed by atoms with van der Waals surface area (Å²) in [5.41, 5.74) is 8.27. The van der Waals surface area contributed by atoms with Crippen LogP contribution in [0.2, 0.25) is 0 Å². The van der Waals surface area contributed by atoms with Crippen LogP contribution < -0.4 is 5.73 Å². The molecule has 1 heterocycles. The Morgan fingerprint density at radius 1 is 1.52 bits per heavy atom.